The molecular formula is C78H52N2. The van der Waals surface area contributed by atoms with E-state index in [1.165, 1.54) is 133 Å². The van der Waals surface area contributed by atoms with Crippen LogP contribution in [0, 0.1) is 0 Å². The summed E-state index contributed by atoms with van der Waals surface area (Å²) in [6, 6.07) is 115. The first-order valence-corrected chi connectivity index (χ1v) is 27.5. The molecule has 0 fully saturated rings. The van der Waals surface area contributed by atoms with Gasteiger partial charge in [-0.1, -0.05) is 243 Å². The number of nitrogens with zero attached hydrogens (tertiary/aromatic N) is 2. The molecule has 2 nitrogen and oxygen atoms in total. The molecule has 0 saturated carbocycles. The molecule has 0 aliphatic rings. The molecule has 15 aromatic rings. The Kier molecular flexibility index (Phi) is 11.6. The minimum absolute atomic E-state index is 1.13. The molecule has 15 rings (SSSR count). The standard InChI is InChI=1S/C78H52N2/c1-3-17-53(18-4-1)63-25-15-27-67(49-63)79-75-33-11-9-31-71(75)73-51-65(43-45-77(73)79)66-44-46-78-74(52-66)72-32-10-12-34-76(72)80(78)68-28-16-26-64(50-68)56-37-35-54(36-38-56)59-21-13-23-61(47-59)62-24-14-22-60(48-62)55-39-41-58(42-40-55)70-30-8-7-29-69(70)57-19-5-2-6-20-57/h1-52H. The fourth-order valence-electron chi connectivity index (χ4n) is 12.2. The van der Waals surface area contributed by atoms with Gasteiger partial charge in [-0.3, -0.25) is 0 Å². The number of fused-ring (bicyclic) bond motifs is 6. The third-order valence-corrected chi connectivity index (χ3v) is 16.1. The molecule has 13 aromatic carbocycles. The summed E-state index contributed by atoms with van der Waals surface area (Å²) in [5.74, 6) is 0. The molecule has 0 spiro atoms. The zero-order chi connectivity index (χ0) is 52.9. The molecule has 2 heterocycles. The van der Waals surface area contributed by atoms with Crippen LogP contribution in [-0.2, 0) is 0 Å². The maximum Gasteiger partial charge on any atom is 0.0541 e. The molecular weight excluding hydrogens is 965 g/mol. The van der Waals surface area contributed by atoms with E-state index in [1.54, 1.807) is 0 Å². The highest BCUT2D eigenvalue weighted by Crippen LogP contribution is 2.41. The number of benzene rings is 13. The smallest absolute Gasteiger partial charge is 0.0541 e. The van der Waals surface area contributed by atoms with Gasteiger partial charge in [0.25, 0.3) is 0 Å². The SMILES string of the molecule is c1ccc(-c2cccc(-n3c4ccccc4c4cc(-c5ccc6c(c5)c5ccccc5n6-c5cccc(-c6ccc(-c7cccc(-c8cccc(-c9ccc(-c%10ccccc%10-c%10ccccc%10)cc9)c8)c7)cc6)c5)ccc43)c2)cc1. The molecule has 2 aromatic heterocycles. The molecule has 0 amide bonds. The second-order valence-corrected chi connectivity index (χ2v) is 20.9. The van der Waals surface area contributed by atoms with Crippen molar-refractivity contribution < 1.29 is 0 Å². The summed E-state index contributed by atoms with van der Waals surface area (Å²) in [4.78, 5) is 0. The van der Waals surface area contributed by atoms with E-state index in [4.69, 9.17) is 0 Å². The van der Waals surface area contributed by atoms with Gasteiger partial charge in [-0.05, 0) is 162 Å². The van der Waals surface area contributed by atoms with Crippen LogP contribution in [-0.4, -0.2) is 9.13 Å². The van der Waals surface area contributed by atoms with Crippen LogP contribution in [0.25, 0.3) is 144 Å². The van der Waals surface area contributed by atoms with Gasteiger partial charge in [-0.2, -0.15) is 0 Å². The van der Waals surface area contributed by atoms with Crippen molar-refractivity contribution in [2.45, 2.75) is 0 Å². The summed E-state index contributed by atoms with van der Waals surface area (Å²) in [6.07, 6.45) is 0. The highest BCUT2D eigenvalue weighted by atomic mass is 15.0. The second kappa shape index (κ2) is 19.8. The van der Waals surface area contributed by atoms with E-state index in [-0.39, 0.29) is 0 Å². The van der Waals surface area contributed by atoms with Gasteiger partial charge in [0, 0.05) is 32.9 Å². The highest BCUT2D eigenvalue weighted by molar-refractivity contribution is 6.13. The summed E-state index contributed by atoms with van der Waals surface area (Å²) in [5.41, 5.74) is 26.3. The molecule has 80 heavy (non-hydrogen) atoms. The molecule has 0 radical (unpaired) electrons. The minimum Gasteiger partial charge on any atom is -0.309 e. The van der Waals surface area contributed by atoms with E-state index in [2.05, 4.69) is 325 Å². The predicted octanol–water partition coefficient (Wildman–Crippen LogP) is 21.2. The van der Waals surface area contributed by atoms with Crippen molar-refractivity contribution in [1.29, 1.82) is 0 Å². The van der Waals surface area contributed by atoms with Crippen molar-refractivity contribution >= 4 is 43.6 Å². The third-order valence-electron chi connectivity index (χ3n) is 16.1. The second-order valence-electron chi connectivity index (χ2n) is 20.9. The van der Waals surface area contributed by atoms with Crippen LogP contribution in [0.5, 0.6) is 0 Å². The maximum absolute atomic E-state index is 2.43. The van der Waals surface area contributed by atoms with Crippen molar-refractivity contribution in [2.75, 3.05) is 0 Å². The van der Waals surface area contributed by atoms with Crippen LogP contribution in [0.1, 0.15) is 0 Å². The van der Waals surface area contributed by atoms with Gasteiger partial charge in [-0.15, -0.1) is 0 Å². The molecule has 0 N–H and O–H groups in total. The van der Waals surface area contributed by atoms with Gasteiger partial charge < -0.3 is 9.13 Å². The normalized spacial score (nSPS) is 11.5. The lowest BCUT2D eigenvalue weighted by atomic mass is 9.92. The van der Waals surface area contributed by atoms with E-state index in [1.807, 2.05) is 0 Å². The van der Waals surface area contributed by atoms with Crippen LogP contribution in [0.4, 0.5) is 0 Å². The van der Waals surface area contributed by atoms with E-state index >= 15 is 0 Å². The molecule has 0 aliphatic carbocycles. The molecule has 0 bridgehead atoms. The Labute approximate surface area is 466 Å². The quantitative estimate of drug-likeness (QED) is 0.129. The Morgan fingerprint density at radius 2 is 0.425 bits per heavy atom. The van der Waals surface area contributed by atoms with E-state index in [0.29, 0.717) is 0 Å². The summed E-state index contributed by atoms with van der Waals surface area (Å²) in [7, 11) is 0. The third kappa shape index (κ3) is 8.39. The summed E-state index contributed by atoms with van der Waals surface area (Å²) >= 11 is 0. The van der Waals surface area contributed by atoms with Crippen LogP contribution < -0.4 is 0 Å². The van der Waals surface area contributed by atoms with Crippen molar-refractivity contribution in [3.8, 4) is 100 Å². The monoisotopic (exact) mass is 1020 g/mol. The zero-order valence-corrected chi connectivity index (χ0v) is 43.9. The lowest BCUT2D eigenvalue weighted by Crippen LogP contribution is -1.94. The van der Waals surface area contributed by atoms with Gasteiger partial charge in [0.05, 0.1) is 22.1 Å². The molecule has 0 unspecified atom stereocenters. The van der Waals surface area contributed by atoms with Gasteiger partial charge in [0.15, 0.2) is 0 Å². The van der Waals surface area contributed by atoms with Crippen LogP contribution in [0.15, 0.2) is 315 Å². The van der Waals surface area contributed by atoms with Crippen molar-refractivity contribution in [1.82, 2.24) is 9.13 Å². The summed E-state index contributed by atoms with van der Waals surface area (Å²) in [6.45, 7) is 0. The number of para-hydroxylation sites is 2. The predicted molar refractivity (Wildman–Crippen MR) is 339 cm³/mol. The highest BCUT2D eigenvalue weighted by Gasteiger charge is 2.18. The van der Waals surface area contributed by atoms with Crippen molar-refractivity contribution in [3.63, 3.8) is 0 Å². The Morgan fingerprint density at radius 3 is 0.875 bits per heavy atom. The summed E-state index contributed by atoms with van der Waals surface area (Å²) in [5, 5.41) is 4.95. The average Bonchev–Trinajstić information content (AvgIpc) is 4.11. The number of rotatable bonds is 10. The van der Waals surface area contributed by atoms with Crippen LogP contribution in [0.3, 0.4) is 0 Å². The van der Waals surface area contributed by atoms with Crippen molar-refractivity contribution in [3.05, 3.63) is 315 Å². The fourth-order valence-corrected chi connectivity index (χ4v) is 12.2. The molecule has 0 saturated heterocycles. The number of hydrogen-bond donors (Lipinski definition) is 0. The van der Waals surface area contributed by atoms with E-state index in [9.17, 15) is 0 Å². The first-order valence-electron chi connectivity index (χ1n) is 27.5. The van der Waals surface area contributed by atoms with Crippen molar-refractivity contribution in [2.24, 2.45) is 0 Å². The number of hydrogen-bond acceptors (Lipinski definition) is 0. The summed E-state index contributed by atoms with van der Waals surface area (Å²) < 4.78 is 4.84. The molecule has 0 aliphatic heterocycles. The molecule has 0 atom stereocenters. The maximum atomic E-state index is 2.43. The number of aromatic nitrogens is 2. The average molecular weight is 1020 g/mol. The fraction of sp³-hybridized carbons (Fsp3) is 0. The molecule has 2 heteroatoms. The first-order chi connectivity index (χ1) is 39.6. The Balaban J connectivity index is 0.706. The zero-order valence-electron chi connectivity index (χ0n) is 43.9. The van der Waals surface area contributed by atoms with Gasteiger partial charge in [0.2, 0.25) is 0 Å². The first kappa shape index (κ1) is 46.7. The largest absolute Gasteiger partial charge is 0.309 e. The lowest BCUT2D eigenvalue weighted by Gasteiger charge is -2.12. The van der Waals surface area contributed by atoms with E-state index in [0.717, 1.165) is 11.4 Å². The van der Waals surface area contributed by atoms with Crippen LogP contribution >= 0.6 is 0 Å². The molecule has 374 valence electrons. The van der Waals surface area contributed by atoms with Gasteiger partial charge in [0.1, 0.15) is 0 Å². The Hall–Kier alpha value is -10.5. The van der Waals surface area contributed by atoms with Gasteiger partial charge >= 0.3 is 0 Å². The van der Waals surface area contributed by atoms with Crippen LogP contribution in [0.2, 0.25) is 0 Å². The topological polar surface area (TPSA) is 9.86 Å². The Bertz CT molecular complexity index is 4790. The van der Waals surface area contributed by atoms with Gasteiger partial charge in [-0.25, -0.2) is 0 Å². The van der Waals surface area contributed by atoms with E-state index < -0.39 is 0 Å². The Morgan fingerprint density at radius 1 is 0.150 bits per heavy atom. The minimum atomic E-state index is 1.13. The lowest BCUT2D eigenvalue weighted by molar-refractivity contribution is 1.18.